The van der Waals surface area contributed by atoms with Crippen LogP contribution in [0.15, 0.2) is 66.7 Å². The van der Waals surface area contributed by atoms with Gasteiger partial charge in [-0.2, -0.15) is 5.11 Å². The van der Waals surface area contributed by atoms with E-state index in [4.69, 9.17) is 4.42 Å². The van der Waals surface area contributed by atoms with Crippen LogP contribution in [0.3, 0.4) is 0 Å². The number of hydrogen-bond donors (Lipinski definition) is 2. The number of rotatable bonds is 4. The Bertz CT molecular complexity index is 1390. The summed E-state index contributed by atoms with van der Waals surface area (Å²) in [5.74, 6) is -0.0711. The number of fused-ring (bicyclic) bond motifs is 1. The van der Waals surface area contributed by atoms with Gasteiger partial charge in [-0.05, 0) is 50.6 Å². The van der Waals surface area contributed by atoms with Crippen molar-refractivity contribution in [2.75, 3.05) is 0 Å². The number of phenolic OH excluding ortho intramolecular Hbond substituents is 1. The topological polar surface area (TPSA) is 113 Å². The van der Waals surface area contributed by atoms with E-state index in [0.29, 0.717) is 22.3 Å². The molecule has 0 aliphatic rings. The van der Waals surface area contributed by atoms with E-state index < -0.39 is 11.2 Å². The van der Waals surface area contributed by atoms with Crippen LogP contribution < -0.4 is 11.2 Å². The van der Waals surface area contributed by atoms with Crippen LogP contribution in [0.1, 0.15) is 22.4 Å². The Morgan fingerprint density at radius 2 is 1.77 bits per heavy atom. The van der Waals surface area contributed by atoms with E-state index in [9.17, 15) is 14.7 Å². The second kappa shape index (κ2) is 7.47. The molecule has 0 fully saturated rings. The highest BCUT2D eigenvalue weighted by molar-refractivity contribution is 5.84. The Kier molecular flexibility index (Phi) is 4.83. The molecule has 8 nitrogen and oxygen atoms in total. The van der Waals surface area contributed by atoms with Crippen LogP contribution in [0.2, 0.25) is 0 Å². The summed E-state index contributed by atoms with van der Waals surface area (Å²) >= 11 is 0. The van der Waals surface area contributed by atoms with Crippen molar-refractivity contribution in [3.05, 3.63) is 85.6 Å². The maximum atomic E-state index is 12.9. The van der Waals surface area contributed by atoms with Crippen LogP contribution in [0, 0.1) is 20.8 Å². The molecule has 2 heterocycles. The van der Waals surface area contributed by atoms with Crippen molar-refractivity contribution < 1.29 is 9.52 Å². The summed E-state index contributed by atoms with van der Waals surface area (Å²) in [6, 6.07) is 12.0. The number of phenols is 1. The number of aryl methyl sites for hydroxylation is 3. The number of H-pyrrole nitrogens is 1. The molecular formula is C22H20N4O4. The van der Waals surface area contributed by atoms with Gasteiger partial charge in [0, 0.05) is 11.5 Å². The van der Waals surface area contributed by atoms with Gasteiger partial charge in [-0.3, -0.25) is 9.89 Å². The smallest absolute Gasteiger partial charge is 0.336 e. The lowest BCUT2D eigenvalue weighted by Gasteiger charge is -2.09. The standard InChI is InChI=1S/C22H20N4O4/c1-12-4-6-15(7-5-12)23-24-20-14(3)25-26(22(20)29)11-17-18(27)9-8-16-13(2)10-19(28)30-21(16)17/h4-10,25,27H,11H2,1-3H3. The molecular weight excluding hydrogens is 384 g/mol. The van der Waals surface area contributed by atoms with Crippen LogP contribution in [0.5, 0.6) is 5.75 Å². The van der Waals surface area contributed by atoms with Crippen molar-refractivity contribution in [1.82, 2.24) is 9.78 Å². The van der Waals surface area contributed by atoms with E-state index in [2.05, 4.69) is 15.3 Å². The van der Waals surface area contributed by atoms with E-state index in [1.165, 1.54) is 16.8 Å². The number of nitrogens with zero attached hydrogens (tertiary/aromatic N) is 3. The van der Waals surface area contributed by atoms with Crippen LogP contribution >= 0.6 is 0 Å². The molecule has 2 N–H and O–H groups in total. The first-order chi connectivity index (χ1) is 14.3. The molecule has 2 aromatic carbocycles. The lowest BCUT2D eigenvalue weighted by molar-refractivity contribution is 0.459. The third-order valence-electron chi connectivity index (χ3n) is 4.92. The molecule has 0 atom stereocenters. The Morgan fingerprint density at radius 3 is 2.50 bits per heavy atom. The number of hydrogen-bond acceptors (Lipinski definition) is 6. The molecule has 0 unspecified atom stereocenters. The fraction of sp³-hybridized carbons (Fsp3) is 0.182. The predicted octanol–water partition coefficient (Wildman–Crippen LogP) is 4.38. The fourth-order valence-corrected chi connectivity index (χ4v) is 3.28. The zero-order valence-electron chi connectivity index (χ0n) is 16.8. The van der Waals surface area contributed by atoms with Gasteiger partial charge in [-0.15, -0.1) is 5.11 Å². The number of aromatic hydroxyl groups is 1. The molecule has 0 radical (unpaired) electrons. The normalized spacial score (nSPS) is 11.6. The maximum Gasteiger partial charge on any atom is 0.336 e. The Labute approximate surface area is 171 Å². The van der Waals surface area contributed by atoms with Crippen molar-refractivity contribution in [3.63, 3.8) is 0 Å². The van der Waals surface area contributed by atoms with Gasteiger partial charge in [0.25, 0.3) is 5.56 Å². The summed E-state index contributed by atoms with van der Waals surface area (Å²) < 4.78 is 6.63. The molecule has 30 heavy (non-hydrogen) atoms. The molecule has 0 amide bonds. The largest absolute Gasteiger partial charge is 0.507 e. The average molecular weight is 404 g/mol. The molecule has 0 bridgehead atoms. The molecule has 4 rings (SSSR count). The molecule has 0 aliphatic carbocycles. The third kappa shape index (κ3) is 3.55. The minimum atomic E-state index is -0.519. The molecule has 0 aliphatic heterocycles. The van der Waals surface area contributed by atoms with Gasteiger partial charge in [-0.25, -0.2) is 9.48 Å². The van der Waals surface area contributed by atoms with Gasteiger partial charge in [0.2, 0.25) is 0 Å². The van der Waals surface area contributed by atoms with Crippen molar-refractivity contribution in [1.29, 1.82) is 0 Å². The van der Waals surface area contributed by atoms with E-state index in [-0.39, 0.29) is 23.6 Å². The predicted molar refractivity (Wildman–Crippen MR) is 113 cm³/mol. The quantitative estimate of drug-likeness (QED) is 0.388. The number of aromatic amines is 1. The summed E-state index contributed by atoms with van der Waals surface area (Å²) in [7, 11) is 0. The number of benzene rings is 2. The van der Waals surface area contributed by atoms with Crippen molar-refractivity contribution in [2.24, 2.45) is 10.2 Å². The van der Waals surface area contributed by atoms with Crippen LogP contribution in [0.4, 0.5) is 11.4 Å². The van der Waals surface area contributed by atoms with Gasteiger partial charge in [0.1, 0.15) is 11.3 Å². The molecule has 8 heteroatoms. The van der Waals surface area contributed by atoms with Crippen LogP contribution in [0.25, 0.3) is 11.0 Å². The third-order valence-corrected chi connectivity index (χ3v) is 4.92. The summed E-state index contributed by atoms with van der Waals surface area (Å²) in [6.07, 6.45) is 0. The fourth-order valence-electron chi connectivity index (χ4n) is 3.28. The summed E-state index contributed by atoms with van der Waals surface area (Å²) in [5, 5.41) is 22.2. The first-order valence-electron chi connectivity index (χ1n) is 9.36. The Hall–Kier alpha value is -3.94. The molecule has 4 aromatic rings. The van der Waals surface area contributed by atoms with E-state index in [0.717, 1.165) is 11.1 Å². The average Bonchev–Trinajstić information content (AvgIpc) is 2.96. The molecule has 2 aromatic heterocycles. The molecule has 0 spiro atoms. The van der Waals surface area contributed by atoms with Crippen molar-refractivity contribution in [2.45, 2.75) is 27.3 Å². The Morgan fingerprint density at radius 1 is 1.03 bits per heavy atom. The Balaban J connectivity index is 1.74. The highest BCUT2D eigenvalue weighted by Crippen LogP contribution is 2.29. The molecule has 152 valence electrons. The minimum Gasteiger partial charge on any atom is -0.507 e. The highest BCUT2D eigenvalue weighted by atomic mass is 16.4. The van der Waals surface area contributed by atoms with Gasteiger partial charge >= 0.3 is 5.63 Å². The number of azo groups is 1. The highest BCUT2D eigenvalue weighted by Gasteiger charge is 2.17. The SMILES string of the molecule is Cc1ccc(N=Nc2c(C)[nH]n(Cc3c(O)ccc4c(C)cc(=O)oc34)c2=O)cc1. The van der Waals surface area contributed by atoms with Gasteiger partial charge < -0.3 is 9.52 Å². The van der Waals surface area contributed by atoms with Crippen molar-refractivity contribution in [3.8, 4) is 5.75 Å². The number of aromatic nitrogens is 2. The van der Waals surface area contributed by atoms with Crippen LogP contribution in [-0.2, 0) is 6.54 Å². The van der Waals surface area contributed by atoms with E-state index in [1.807, 2.05) is 31.2 Å². The van der Waals surface area contributed by atoms with E-state index in [1.54, 1.807) is 19.9 Å². The zero-order valence-corrected chi connectivity index (χ0v) is 16.8. The summed E-state index contributed by atoms with van der Waals surface area (Å²) in [4.78, 5) is 24.7. The lowest BCUT2D eigenvalue weighted by Crippen LogP contribution is -2.17. The summed E-state index contributed by atoms with van der Waals surface area (Å²) in [6.45, 7) is 5.46. The summed E-state index contributed by atoms with van der Waals surface area (Å²) in [5.41, 5.74) is 2.85. The first kappa shape index (κ1) is 19.4. The van der Waals surface area contributed by atoms with Gasteiger partial charge in [-0.1, -0.05) is 17.7 Å². The lowest BCUT2D eigenvalue weighted by atomic mass is 10.1. The van der Waals surface area contributed by atoms with E-state index >= 15 is 0 Å². The second-order valence-corrected chi connectivity index (χ2v) is 7.20. The van der Waals surface area contributed by atoms with Gasteiger partial charge in [0.15, 0.2) is 5.69 Å². The van der Waals surface area contributed by atoms with Crippen LogP contribution in [-0.4, -0.2) is 14.9 Å². The number of nitrogens with one attached hydrogen (secondary N) is 1. The first-order valence-corrected chi connectivity index (χ1v) is 9.36. The zero-order chi connectivity index (χ0) is 21.4. The maximum absolute atomic E-state index is 12.9. The molecule has 0 saturated carbocycles. The van der Waals surface area contributed by atoms with Crippen molar-refractivity contribution >= 4 is 22.3 Å². The second-order valence-electron chi connectivity index (χ2n) is 7.20. The minimum absolute atomic E-state index is 0.0186. The van der Waals surface area contributed by atoms with Gasteiger partial charge in [0.05, 0.1) is 23.5 Å². The molecule has 0 saturated heterocycles. The monoisotopic (exact) mass is 404 g/mol.